The van der Waals surface area contributed by atoms with Crippen molar-refractivity contribution in [3.8, 4) is 0 Å². The molecule has 27 heavy (non-hydrogen) atoms. The van der Waals surface area contributed by atoms with Gasteiger partial charge in [-0.25, -0.2) is 8.42 Å². The van der Waals surface area contributed by atoms with E-state index in [2.05, 4.69) is 0 Å². The molecule has 1 aromatic rings. The van der Waals surface area contributed by atoms with Gasteiger partial charge in [0.1, 0.15) is 0 Å². The molecule has 0 unspecified atom stereocenters. The number of nitrogens with zero attached hydrogens (tertiary/aromatic N) is 3. The fourth-order valence-corrected chi connectivity index (χ4v) is 5.38. The molecule has 1 amide bonds. The summed E-state index contributed by atoms with van der Waals surface area (Å²) in [6, 6.07) is 7.52. The van der Waals surface area contributed by atoms with Crippen molar-refractivity contribution in [3.63, 3.8) is 0 Å². The topological polar surface area (TPSA) is 60.9 Å². The van der Waals surface area contributed by atoms with Crippen LogP contribution in [-0.4, -0.2) is 75.2 Å². The van der Waals surface area contributed by atoms with Crippen LogP contribution in [0.3, 0.4) is 0 Å². The number of sulfonamides is 1. The predicted octanol–water partition coefficient (Wildman–Crippen LogP) is 2.13. The smallest absolute Gasteiger partial charge is 0.243 e. The van der Waals surface area contributed by atoms with Gasteiger partial charge in [0.2, 0.25) is 15.9 Å². The van der Waals surface area contributed by atoms with Crippen molar-refractivity contribution in [1.82, 2.24) is 14.1 Å². The lowest BCUT2D eigenvalue weighted by Gasteiger charge is -2.34. The maximum atomic E-state index is 12.9. The summed E-state index contributed by atoms with van der Waals surface area (Å²) in [5, 5.41) is 0. The number of carbonyl (C=O) groups is 1. The summed E-state index contributed by atoms with van der Waals surface area (Å²) < 4.78 is 27.4. The molecule has 1 aliphatic heterocycles. The first-order chi connectivity index (χ1) is 12.9. The Morgan fingerprint density at radius 2 is 1.59 bits per heavy atom. The van der Waals surface area contributed by atoms with Crippen LogP contribution in [-0.2, 0) is 14.8 Å². The maximum absolute atomic E-state index is 12.9. The van der Waals surface area contributed by atoms with E-state index in [9.17, 15) is 13.2 Å². The Hall–Kier alpha value is -1.44. The number of piperazine rings is 1. The molecule has 2 aliphatic rings. The molecule has 2 fully saturated rings. The summed E-state index contributed by atoms with van der Waals surface area (Å²) in [4.78, 5) is 15.8. The number of likely N-dealkylation sites (N-methyl/N-ethyl adjacent to an activating group) is 1. The number of amides is 1. The molecule has 3 rings (SSSR count). The van der Waals surface area contributed by atoms with Crippen LogP contribution in [0.4, 0.5) is 0 Å². The molecule has 1 saturated heterocycles. The van der Waals surface area contributed by atoms with E-state index in [1.165, 1.54) is 37.7 Å². The minimum Gasteiger partial charge on any atom is -0.348 e. The van der Waals surface area contributed by atoms with Crippen LogP contribution >= 0.6 is 0 Å². The second-order valence-corrected chi connectivity index (χ2v) is 9.81. The first-order valence-corrected chi connectivity index (χ1v) is 11.3. The minimum atomic E-state index is -3.47. The Bertz CT molecular complexity index is 732. The van der Waals surface area contributed by atoms with Crippen molar-refractivity contribution in [3.05, 3.63) is 29.8 Å². The number of hydrogen-bond acceptors (Lipinski definition) is 4. The zero-order valence-corrected chi connectivity index (χ0v) is 17.2. The van der Waals surface area contributed by atoms with E-state index in [0.717, 1.165) is 0 Å². The summed E-state index contributed by atoms with van der Waals surface area (Å²) >= 11 is 0. The van der Waals surface area contributed by atoms with Crippen molar-refractivity contribution in [2.24, 2.45) is 0 Å². The van der Waals surface area contributed by atoms with Crippen molar-refractivity contribution < 1.29 is 13.2 Å². The highest BCUT2D eigenvalue weighted by molar-refractivity contribution is 7.89. The van der Waals surface area contributed by atoms with Gasteiger partial charge in [-0.3, -0.25) is 9.69 Å². The SMILES string of the molecule is CN(C)C(=O)CN1CCN(S(=O)(=O)c2ccc(C3CCCCC3)cc2)CC1. The van der Waals surface area contributed by atoms with Crippen LogP contribution in [0.2, 0.25) is 0 Å². The first kappa shape index (κ1) is 20.3. The van der Waals surface area contributed by atoms with Crippen molar-refractivity contribution in [1.29, 1.82) is 0 Å². The zero-order valence-electron chi connectivity index (χ0n) is 16.4. The first-order valence-electron chi connectivity index (χ1n) is 9.90. The second kappa shape index (κ2) is 8.71. The van der Waals surface area contributed by atoms with E-state index >= 15 is 0 Å². The highest BCUT2D eigenvalue weighted by Crippen LogP contribution is 2.33. The van der Waals surface area contributed by atoms with E-state index < -0.39 is 10.0 Å². The van der Waals surface area contributed by atoms with Crippen LogP contribution in [0.25, 0.3) is 0 Å². The van der Waals surface area contributed by atoms with Gasteiger partial charge >= 0.3 is 0 Å². The third kappa shape index (κ3) is 4.89. The Morgan fingerprint density at radius 3 is 2.15 bits per heavy atom. The van der Waals surface area contributed by atoms with Crippen LogP contribution in [0, 0.1) is 0 Å². The van der Waals surface area contributed by atoms with E-state index in [-0.39, 0.29) is 5.91 Å². The van der Waals surface area contributed by atoms with Crippen LogP contribution < -0.4 is 0 Å². The lowest BCUT2D eigenvalue weighted by atomic mass is 9.84. The summed E-state index contributed by atoms with van der Waals surface area (Å²) in [5.41, 5.74) is 1.26. The average Bonchev–Trinajstić information content (AvgIpc) is 2.69. The summed E-state index contributed by atoms with van der Waals surface area (Å²) in [6.45, 7) is 2.36. The Kier molecular flexibility index (Phi) is 6.55. The van der Waals surface area contributed by atoms with Gasteiger partial charge in [0.25, 0.3) is 0 Å². The fraction of sp³-hybridized carbons (Fsp3) is 0.650. The molecular formula is C20H31N3O3S. The van der Waals surface area contributed by atoms with Gasteiger partial charge in [0.05, 0.1) is 11.4 Å². The highest BCUT2D eigenvalue weighted by atomic mass is 32.2. The van der Waals surface area contributed by atoms with Gasteiger partial charge in [-0.05, 0) is 36.5 Å². The molecule has 0 radical (unpaired) electrons. The minimum absolute atomic E-state index is 0.0459. The summed E-state index contributed by atoms with van der Waals surface area (Å²) in [7, 11) is 0.00585. The largest absolute Gasteiger partial charge is 0.348 e. The van der Waals surface area contributed by atoms with Gasteiger partial charge in [-0.15, -0.1) is 0 Å². The van der Waals surface area contributed by atoms with Crippen molar-refractivity contribution in [2.45, 2.75) is 42.9 Å². The summed E-state index contributed by atoms with van der Waals surface area (Å²) in [6.07, 6.45) is 6.27. The Labute approximate surface area is 163 Å². The lowest BCUT2D eigenvalue weighted by molar-refractivity contribution is -0.130. The Morgan fingerprint density at radius 1 is 1.00 bits per heavy atom. The second-order valence-electron chi connectivity index (χ2n) is 7.87. The fourth-order valence-electron chi connectivity index (χ4n) is 3.96. The molecule has 1 saturated carbocycles. The van der Waals surface area contributed by atoms with Gasteiger partial charge < -0.3 is 4.90 Å². The van der Waals surface area contributed by atoms with E-state index in [1.54, 1.807) is 35.4 Å². The number of carbonyl (C=O) groups excluding carboxylic acids is 1. The molecule has 0 bridgehead atoms. The van der Waals surface area contributed by atoms with Crippen molar-refractivity contribution >= 4 is 15.9 Å². The number of hydrogen-bond donors (Lipinski definition) is 0. The number of rotatable bonds is 5. The number of benzene rings is 1. The molecule has 0 aromatic heterocycles. The molecule has 1 aliphatic carbocycles. The van der Waals surface area contributed by atoms with E-state index in [4.69, 9.17) is 0 Å². The van der Waals surface area contributed by atoms with Crippen LogP contribution in [0.1, 0.15) is 43.6 Å². The summed E-state index contributed by atoms with van der Waals surface area (Å²) in [5.74, 6) is 0.623. The zero-order chi connectivity index (χ0) is 19.4. The predicted molar refractivity (Wildman–Crippen MR) is 106 cm³/mol. The van der Waals surface area contributed by atoms with E-state index in [1.807, 2.05) is 17.0 Å². The third-order valence-corrected chi connectivity index (χ3v) is 7.70. The Balaban J connectivity index is 1.60. The van der Waals surface area contributed by atoms with Gasteiger partial charge in [0.15, 0.2) is 0 Å². The molecule has 0 N–H and O–H groups in total. The molecule has 1 aromatic carbocycles. The molecule has 0 atom stereocenters. The van der Waals surface area contributed by atoms with Gasteiger partial charge in [-0.2, -0.15) is 4.31 Å². The van der Waals surface area contributed by atoms with Gasteiger partial charge in [0, 0.05) is 40.3 Å². The monoisotopic (exact) mass is 393 g/mol. The van der Waals surface area contributed by atoms with Crippen LogP contribution in [0.15, 0.2) is 29.2 Å². The van der Waals surface area contributed by atoms with Crippen molar-refractivity contribution in [2.75, 3.05) is 46.8 Å². The highest BCUT2D eigenvalue weighted by Gasteiger charge is 2.29. The van der Waals surface area contributed by atoms with Gasteiger partial charge in [-0.1, -0.05) is 31.4 Å². The molecule has 0 spiro atoms. The van der Waals surface area contributed by atoms with Crippen LogP contribution in [0.5, 0.6) is 0 Å². The average molecular weight is 394 g/mol. The molecule has 150 valence electrons. The third-order valence-electron chi connectivity index (χ3n) is 5.78. The lowest BCUT2D eigenvalue weighted by Crippen LogP contribution is -2.50. The normalized spacial score (nSPS) is 20.5. The molecular weight excluding hydrogens is 362 g/mol. The maximum Gasteiger partial charge on any atom is 0.243 e. The van der Waals surface area contributed by atoms with E-state index in [0.29, 0.717) is 43.5 Å². The quantitative estimate of drug-likeness (QED) is 0.769. The molecule has 6 nitrogen and oxygen atoms in total. The molecule has 7 heteroatoms. The standard InChI is InChI=1S/C20H31N3O3S/c1-21(2)20(24)16-22-12-14-23(15-13-22)27(25,26)19-10-8-18(9-11-19)17-6-4-3-5-7-17/h8-11,17H,3-7,12-16H2,1-2H3. The molecule has 1 heterocycles.